The Morgan fingerprint density at radius 3 is 1.67 bits per heavy atom. The summed E-state index contributed by atoms with van der Waals surface area (Å²) in [6, 6.07) is 16.2. The second-order valence-corrected chi connectivity index (χ2v) is 2.86. The molecule has 1 aromatic heterocycles. The number of rotatable bonds is 1. The summed E-state index contributed by atoms with van der Waals surface area (Å²) in [5.41, 5.74) is 1.41. The molecule has 0 fully saturated rings. The maximum absolute atomic E-state index is 3.78. The van der Waals surface area contributed by atoms with Crippen LogP contribution in [0.5, 0.6) is 0 Å². The maximum atomic E-state index is 3.78. The Hall–Kier alpha value is -1.34. The molecule has 0 N–H and O–H groups in total. The predicted molar refractivity (Wildman–Crippen MR) is 67.3 cm³/mol. The average molecular weight is 222 g/mol. The molecule has 0 radical (unpaired) electrons. The van der Waals surface area contributed by atoms with E-state index in [9.17, 15) is 0 Å². The van der Waals surface area contributed by atoms with Crippen molar-refractivity contribution in [3.05, 3.63) is 66.5 Å². The largest absolute Gasteiger partial charge is 0.265 e. The van der Waals surface area contributed by atoms with Crippen molar-refractivity contribution in [1.82, 2.24) is 4.98 Å². The lowest BCUT2D eigenvalue weighted by molar-refractivity contribution is 1.14. The van der Waals surface area contributed by atoms with E-state index < -0.39 is 0 Å². The molecule has 2 aromatic rings. The molecule has 1 heterocycles. The highest BCUT2D eigenvalue weighted by Gasteiger charge is 1.79. The summed E-state index contributed by atoms with van der Waals surface area (Å²) in [7, 11) is 0. The van der Waals surface area contributed by atoms with Crippen LogP contribution in [0.3, 0.4) is 0 Å². The first-order chi connectivity index (χ1) is 6.93. The van der Waals surface area contributed by atoms with Crippen molar-refractivity contribution < 1.29 is 0 Å². The first-order valence-electron chi connectivity index (χ1n) is 4.82. The van der Waals surface area contributed by atoms with Crippen molar-refractivity contribution in [2.24, 2.45) is 0 Å². The molecule has 0 aliphatic carbocycles. The maximum Gasteiger partial charge on any atom is 0.0267 e. The van der Waals surface area contributed by atoms with Gasteiger partial charge >= 0.3 is 0 Å². The summed E-state index contributed by atoms with van der Waals surface area (Å²) < 4.78 is 0. The highest BCUT2D eigenvalue weighted by atomic mass is 35.5. The summed E-state index contributed by atoms with van der Waals surface area (Å²) >= 11 is 0. The van der Waals surface area contributed by atoms with E-state index in [-0.39, 0.29) is 12.4 Å². The number of benzene rings is 1. The molecule has 0 atom stereocenters. The summed E-state index contributed by atoms with van der Waals surface area (Å²) in [6.45, 7) is 2.16. The van der Waals surface area contributed by atoms with Crippen molar-refractivity contribution in [1.29, 1.82) is 0 Å². The van der Waals surface area contributed by atoms with E-state index >= 15 is 0 Å². The SMILES string of the molecule is CCc1ccccc1.Cl.c1ccncc1. The summed E-state index contributed by atoms with van der Waals surface area (Å²) in [4.78, 5) is 3.78. The molecule has 0 amide bonds. The van der Waals surface area contributed by atoms with Crippen molar-refractivity contribution in [3.8, 4) is 0 Å². The minimum Gasteiger partial charge on any atom is -0.265 e. The lowest BCUT2D eigenvalue weighted by Gasteiger charge is -1.89. The van der Waals surface area contributed by atoms with Gasteiger partial charge in [-0.05, 0) is 24.1 Å². The second-order valence-electron chi connectivity index (χ2n) is 2.86. The Morgan fingerprint density at radius 2 is 1.40 bits per heavy atom. The van der Waals surface area contributed by atoms with Gasteiger partial charge in [0.15, 0.2) is 0 Å². The Bertz CT molecular complexity index is 294. The number of aromatic nitrogens is 1. The highest BCUT2D eigenvalue weighted by molar-refractivity contribution is 5.85. The van der Waals surface area contributed by atoms with E-state index in [1.54, 1.807) is 12.4 Å². The van der Waals surface area contributed by atoms with Gasteiger partial charge in [-0.15, -0.1) is 12.4 Å². The zero-order valence-electron chi connectivity index (χ0n) is 8.84. The molecule has 0 bridgehead atoms. The van der Waals surface area contributed by atoms with Crippen LogP contribution in [-0.4, -0.2) is 4.98 Å². The van der Waals surface area contributed by atoms with Gasteiger partial charge in [0, 0.05) is 12.4 Å². The van der Waals surface area contributed by atoms with Crippen LogP contribution in [0.25, 0.3) is 0 Å². The van der Waals surface area contributed by atoms with Gasteiger partial charge in [-0.1, -0.05) is 43.3 Å². The Kier molecular flexibility index (Phi) is 8.40. The van der Waals surface area contributed by atoms with Crippen LogP contribution in [-0.2, 0) is 6.42 Å². The Labute approximate surface area is 97.6 Å². The summed E-state index contributed by atoms with van der Waals surface area (Å²) in [6.07, 6.45) is 4.64. The number of hydrogen-bond donors (Lipinski definition) is 0. The number of halogens is 1. The fourth-order valence-corrected chi connectivity index (χ4v) is 1.03. The molecule has 1 nitrogen and oxygen atoms in total. The van der Waals surface area contributed by atoms with Crippen LogP contribution in [0.15, 0.2) is 60.9 Å². The highest BCUT2D eigenvalue weighted by Crippen LogP contribution is 1.96. The fraction of sp³-hybridized carbons (Fsp3) is 0.154. The molecular formula is C13H16ClN. The van der Waals surface area contributed by atoms with Gasteiger partial charge in [0.1, 0.15) is 0 Å². The quantitative estimate of drug-likeness (QED) is 0.715. The number of hydrogen-bond acceptors (Lipinski definition) is 1. The smallest absolute Gasteiger partial charge is 0.0267 e. The molecule has 15 heavy (non-hydrogen) atoms. The molecular weight excluding hydrogens is 206 g/mol. The monoisotopic (exact) mass is 221 g/mol. The van der Waals surface area contributed by atoms with E-state index in [4.69, 9.17) is 0 Å². The van der Waals surface area contributed by atoms with Gasteiger partial charge in [0.2, 0.25) is 0 Å². The van der Waals surface area contributed by atoms with Gasteiger partial charge in [-0.2, -0.15) is 0 Å². The Morgan fingerprint density at radius 1 is 0.867 bits per heavy atom. The molecule has 1 aromatic carbocycles. The first kappa shape index (κ1) is 13.7. The van der Waals surface area contributed by atoms with Crippen LogP contribution in [0.4, 0.5) is 0 Å². The van der Waals surface area contributed by atoms with Crippen molar-refractivity contribution in [3.63, 3.8) is 0 Å². The van der Waals surface area contributed by atoms with Crippen molar-refractivity contribution in [2.75, 3.05) is 0 Å². The molecule has 2 rings (SSSR count). The molecule has 0 aliphatic heterocycles. The third-order valence-electron chi connectivity index (χ3n) is 1.82. The van der Waals surface area contributed by atoms with Gasteiger partial charge in [0.05, 0.1) is 0 Å². The molecule has 0 spiro atoms. The van der Waals surface area contributed by atoms with E-state index in [1.165, 1.54) is 5.56 Å². The minimum absolute atomic E-state index is 0. The molecule has 2 heteroatoms. The van der Waals surface area contributed by atoms with Crippen LogP contribution in [0.2, 0.25) is 0 Å². The molecule has 0 saturated heterocycles. The van der Waals surface area contributed by atoms with E-state index in [0.29, 0.717) is 0 Å². The van der Waals surface area contributed by atoms with Crippen LogP contribution < -0.4 is 0 Å². The van der Waals surface area contributed by atoms with Crippen molar-refractivity contribution in [2.45, 2.75) is 13.3 Å². The van der Waals surface area contributed by atoms with Gasteiger partial charge in [-0.25, -0.2) is 0 Å². The standard InChI is InChI=1S/C8H10.C5H5N.ClH/c1-2-8-6-4-3-5-7-8;1-2-4-6-5-3-1;/h3-7H,2H2,1H3;1-5H;1H. The number of nitrogens with zero attached hydrogens (tertiary/aromatic N) is 1. The van der Waals surface area contributed by atoms with E-state index in [0.717, 1.165) is 6.42 Å². The van der Waals surface area contributed by atoms with Gasteiger partial charge in [-0.3, -0.25) is 4.98 Å². The third-order valence-corrected chi connectivity index (χ3v) is 1.82. The van der Waals surface area contributed by atoms with E-state index in [1.807, 2.05) is 24.3 Å². The zero-order chi connectivity index (χ0) is 10.1. The normalized spacial score (nSPS) is 8.07. The van der Waals surface area contributed by atoms with Crippen LogP contribution >= 0.6 is 12.4 Å². The van der Waals surface area contributed by atoms with Crippen LogP contribution in [0.1, 0.15) is 12.5 Å². The topological polar surface area (TPSA) is 12.9 Å². The van der Waals surface area contributed by atoms with Gasteiger partial charge < -0.3 is 0 Å². The zero-order valence-corrected chi connectivity index (χ0v) is 9.65. The molecule has 0 aliphatic rings. The lowest BCUT2D eigenvalue weighted by atomic mass is 10.2. The second kappa shape index (κ2) is 9.22. The summed E-state index contributed by atoms with van der Waals surface area (Å²) in [5, 5.41) is 0. The van der Waals surface area contributed by atoms with Gasteiger partial charge in [0.25, 0.3) is 0 Å². The average Bonchev–Trinajstić information content (AvgIpc) is 2.33. The third kappa shape index (κ3) is 6.69. The minimum atomic E-state index is 0. The molecule has 0 saturated carbocycles. The first-order valence-corrected chi connectivity index (χ1v) is 4.82. The molecule has 0 unspecified atom stereocenters. The van der Waals surface area contributed by atoms with E-state index in [2.05, 4.69) is 36.2 Å². The Balaban J connectivity index is 0.000000253. The number of aryl methyl sites for hydroxylation is 1. The van der Waals surface area contributed by atoms with Crippen LogP contribution in [0, 0.1) is 0 Å². The fourth-order valence-electron chi connectivity index (χ4n) is 1.03. The molecule has 80 valence electrons. The lowest BCUT2D eigenvalue weighted by Crippen LogP contribution is -1.73. The summed E-state index contributed by atoms with van der Waals surface area (Å²) in [5.74, 6) is 0. The predicted octanol–water partition coefficient (Wildman–Crippen LogP) is 3.75. The number of pyridine rings is 1. The van der Waals surface area contributed by atoms with Crippen molar-refractivity contribution >= 4 is 12.4 Å².